The lowest BCUT2D eigenvalue weighted by molar-refractivity contribution is -0.138. The molecular weight excluding hydrogens is 308 g/mol. The minimum Gasteiger partial charge on any atom is -0.480 e. The zero-order valence-electron chi connectivity index (χ0n) is 14.4. The summed E-state index contributed by atoms with van der Waals surface area (Å²) in [5.74, 6) is -0.531. The summed E-state index contributed by atoms with van der Waals surface area (Å²) in [5.41, 5.74) is 0.967. The monoisotopic (exact) mass is 334 g/mol. The second-order valence-corrected chi connectivity index (χ2v) is 6.56. The summed E-state index contributed by atoms with van der Waals surface area (Å²) in [6.07, 6.45) is 0.583. The normalized spacial score (nSPS) is 17.5. The number of hydrogen-bond acceptors (Lipinski definition) is 4. The number of carboxylic acid groups (broad SMARTS) is 1. The zero-order valence-corrected chi connectivity index (χ0v) is 14.4. The predicted molar refractivity (Wildman–Crippen MR) is 90.7 cm³/mol. The van der Waals surface area contributed by atoms with Crippen LogP contribution in [0.15, 0.2) is 30.3 Å². The van der Waals surface area contributed by atoms with Crippen LogP contribution in [-0.2, 0) is 16.1 Å². The van der Waals surface area contributed by atoms with E-state index >= 15 is 0 Å². The van der Waals surface area contributed by atoms with Gasteiger partial charge in [-0.25, -0.2) is 4.79 Å². The van der Waals surface area contributed by atoms with Crippen molar-refractivity contribution in [3.05, 3.63) is 35.9 Å². The topological polar surface area (TPSA) is 70.1 Å². The van der Waals surface area contributed by atoms with E-state index in [1.807, 2.05) is 49.1 Å². The van der Waals surface area contributed by atoms with Crippen molar-refractivity contribution in [1.29, 1.82) is 0 Å². The molecular formula is C18H26N2O4. The first-order chi connectivity index (χ1) is 11.5. The molecule has 1 fully saturated rings. The Morgan fingerprint density at radius 1 is 1.33 bits per heavy atom. The van der Waals surface area contributed by atoms with Crippen LogP contribution in [0.4, 0.5) is 4.79 Å². The van der Waals surface area contributed by atoms with Gasteiger partial charge in [0.1, 0.15) is 6.61 Å². The van der Waals surface area contributed by atoms with E-state index in [0.717, 1.165) is 12.0 Å². The number of nitrogens with zero attached hydrogens (tertiary/aromatic N) is 2. The molecule has 0 aliphatic carbocycles. The molecule has 0 spiro atoms. The average Bonchev–Trinajstić information content (AvgIpc) is 3.01. The van der Waals surface area contributed by atoms with Gasteiger partial charge in [-0.15, -0.1) is 0 Å². The van der Waals surface area contributed by atoms with Crippen molar-refractivity contribution in [1.82, 2.24) is 9.80 Å². The number of ether oxygens (including phenoxy) is 1. The van der Waals surface area contributed by atoms with Crippen molar-refractivity contribution in [2.75, 3.05) is 26.2 Å². The van der Waals surface area contributed by atoms with Gasteiger partial charge in [0.05, 0.1) is 6.54 Å². The van der Waals surface area contributed by atoms with Crippen LogP contribution in [0.3, 0.4) is 0 Å². The summed E-state index contributed by atoms with van der Waals surface area (Å²) in [7, 11) is 0. The third-order valence-corrected chi connectivity index (χ3v) is 4.31. The Hall–Kier alpha value is -2.08. The number of carbonyl (C=O) groups excluding carboxylic acids is 1. The minimum atomic E-state index is -0.819. The lowest BCUT2D eigenvalue weighted by Crippen LogP contribution is -2.40. The number of rotatable bonds is 7. The molecule has 1 N–H and O–H groups in total. The molecule has 1 aromatic carbocycles. The molecule has 6 nitrogen and oxygen atoms in total. The molecule has 0 bridgehead atoms. The number of carboxylic acids is 1. The van der Waals surface area contributed by atoms with Gasteiger partial charge in [-0.1, -0.05) is 30.3 Å². The highest BCUT2D eigenvalue weighted by Crippen LogP contribution is 2.19. The van der Waals surface area contributed by atoms with E-state index in [1.54, 1.807) is 4.90 Å². The van der Waals surface area contributed by atoms with Gasteiger partial charge in [-0.05, 0) is 31.7 Å². The molecule has 1 amide bonds. The summed E-state index contributed by atoms with van der Waals surface area (Å²) in [6.45, 7) is 6.26. The maximum Gasteiger partial charge on any atom is 0.410 e. The van der Waals surface area contributed by atoms with Crippen molar-refractivity contribution in [3.8, 4) is 0 Å². The summed E-state index contributed by atoms with van der Waals surface area (Å²) in [4.78, 5) is 26.8. The smallest absolute Gasteiger partial charge is 0.410 e. The number of hydrogen-bond donors (Lipinski definition) is 1. The van der Waals surface area contributed by atoms with Crippen molar-refractivity contribution in [2.24, 2.45) is 5.92 Å². The van der Waals surface area contributed by atoms with Crippen LogP contribution in [0.5, 0.6) is 0 Å². The second kappa shape index (κ2) is 8.68. The van der Waals surface area contributed by atoms with Gasteiger partial charge in [-0.2, -0.15) is 0 Å². The molecule has 0 saturated carbocycles. The van der Waals surface area contributed by atoms with Crippen molar-refractivity contribution < 1.29 is 19.4 Å². The molecule has 1 aliphatic heterocycles. The van der Waals surface area contributed by atoms with Crippen LogP contribution in [0.1, 0.15) is 25.8 Å². The highest BCUT2D eigenvalue weighted by atomic mass is 16.6. The van der Waals surface area contributed by atoms with Crippen molar-refractivity contribution >= 4 is 12.1 Å². The SMILES string of the molecule is CC(C)N(CC(=O)O)C[C@H]1CCN(C(=O)OCc2ccccc2)C1. The van der Waals surface area contributed by atoms with Gasteiger partial charge in [0.2, 0.25) is 0 Å². The summed E-state index contributed by atoms with van der Waals surface area (Å²) in [6, 6.07) is 9.77. The lowest BCUT2D eigenvalue weighted by atomic mass is 10.1. The van der Waals surface area contributed by atoms with Crippen molar-refractivity contribution in [2.45, 2.75) is 32.9 Å². The largest absolute Gasteiger partial charge is 0.480 e. The van der Waals surface area contributed by atoms with E-state index in [9.17, 15) is 9.59 Å². The molecule has 24 heavy (non-hydrogen) atoms. The van der Waals surface area contributed by atoms with Crippen LogP contribution >= 0.6 is 0 Å². The Morgan fingerprint density at radius 3 is 2.67 bits per heavy atom. The van der Waals surface area contributed by atoms with Gasteiger partial charge >= 0.3 is 12.1 Å². The molecule has 1 saturated heterocycles. The van der Waals surface area contributed by atoms with E-state index in [2.05, 4.69) is 0 Å². The molecule has 0 radical (unpaired) electrons. The number of likely N-dealkylation sites (tertiary alicyclic amines) is 1. The van der Waals surface area contributed by atoms with Crippen molar-refractivity contribution in [3.63, 3.8) is 0 Å². The van der Waals surface area contributed by atoms with Gasteiger partial charge in [0, 0.05) is 25.7 Å². The fourth-order valence-corrected chi connectivity index (χ4v) is 2.92. The van der Waals surface area contributed by atoms with E-state index in [0.29, 0.717) is 19.6 Å². The van der Waals surface area contributed by atoms with E-state index in [1.165, 1.54) is 0 Å². The van der Waals surface area contributed by atoms with Gasteiger partial charge in [0.15, 0.2) is 0 Å². The van der Waals surface area contributed by atoms with Gasteiger partial charge in [0.25, 0.3) is 0 Å². The summed E-state index contributed by atoms with van der Waals surface area (Å²) >= 11 is 0. The average molecular weight is 334 g/mol. The maximum atomic E-state index is 12.2. The van der Waals surface area contributed by atoms with E-state index in [-0.39, 0.29) is 31.2 Å². The first kappa shape index (κ1) is 18.3. The highest BCUT2D eigenvalue weighted by molar-refractivity contribution is 5.69. The summed E-state index contributed by atoms with van der Waals surface area (Å²) in [5, 5.41) is 9.00. The molecule has 0 aromatic heterocycles. The van der Waals surface area contributed by atoms with Crippen LogP contribution < -0.4 is 0 Å². The molecule has 2 rings (SSSR count). The molecule has 1 atom stereocenters. The molecule has 0 unspecified atom stereocenters. The van der Waals surface area contributed by atoms with E-state index in [4.69, 9.17) is 9.84 Å². The van der Waals surface area contributed by atoms with Crippen LogP contribution in [-0.4, -0.2) is 59.2 Å². The van der Waals surface area contributed by atoms with Crippen LogP contribution in [0, 0.1) is 5.92 Å². The third kappa shape index (κ3) is 5.53. The van der Waals surface area contributed by atoms with Gasteiger partial charge < -0.3 is 14.7 Å². The Bertz CT molecular complexity index is 547. The number of aliphatic carboxylic acids is 1. The van der Waals surface area contributed by atoms with E-state index < -0.39 is 5.97 Å². The standard InChI is InChI=1S/C18H26N2O4/c1-14(2)20(12-17(21)22)11-16-8-9-19(10-16)18(23)24-13-15-6-4-3-5-7-15/h3-7,14,16H,8-13H2,1-2H3,(H,21,22)/t16-/m0/s1. The highest BCUT2D eigenvalue weighted by Gasteiger charge is 2.29. The molecule has 1 aliphatic rings. The fourth-order valence-electron chi connectivity index (χ4n) is 2.92. The third-order valence-electron chi connectivity index (χ3n) is 4.31. The predicted octanol–water partition coefficient (Wildman–Crippen LogP) is 2.44. The van der Waals surface area contributed by atoms with Crippen LogP contribution in [0.25, 0.3) is 0 Å². The summed E-state index contributed by atoms with van der Waals surface area (Å²) < 4.78 is 5.36. The second-order valence-electron chi connectivity index (χ2n) is 6.56. The fraction of sp³-hybridized carbons (Fsp3) is 0.556. The zero-order chi connectivity index (χ0) is 17.5. The Balaban J connectivity index is 1.79. The first-order valence-electron chi connectivity index (χ1n) is 8.37. The Labute approximate surface area is 143 Å². The molecule has 132 valence electrons. The molecule has 1 aromatic rings. The number of carbonyl (C=O) groups is 2. The van der Waals surface area contributed by atoms with Gasteiger partial charge in [-0.3, -0.25) is 9.69 Å². The Morgan fingerprint density at radius 2 is 2.04 bits per heavy atom. The van der Waals surface area contributed by atoms with Crippen LogP contribution in [0.2, 0.25) is 0 Å². The minimum absolute atomic E-state index is 0.0343. The quantitative estimate of drug-likeness (QED) is 0.829. The molecule has 1 heterocycles. The first-order valence-corrected chi connectivity index (χ1v) is 8.37. The lowest BCUT2D eigenvalue weighted by Gasteiger charge is -2.27. The molecule has 6 heteroatoms. The number of amides is 1. The number of benzene rings is 1. The maximum absolute atomic E-state index is 12.2. The Kier molecular flexibility index (Phi) is 6.61.